The summed E-state index contributed by atoms with van der Waals surface area (Å²) >= 11 is 0. The smallest absolute Gasteiger partial charge is 0.231 e. The summed E-state index contributed by atoms with van der Waals surface area (Å²) in [5.41, 5.74) is 4.75. The third kappa shape index (κ3) is 5.38. The summed E-state index contributed by atoms with van der Waals surface area (Å²) in [6.45, 7) is 7.28. The van der Waals surface area contributed by atoms with E-state index in [0.717, 1.165) is 72.1 Å². The SMILES string of the molecule is CC[C@@H]1CCN(C)/C(c2ccc3c(c2)OCO3)=C(/c2cccc(C)n2)N=CC1CCC(C)O. The summed E-state index contributed by atoms with van der Waals surface area (Å²) in [7, 11) is 2.13. The molecule has 33 heavy (non-hydrogen) atoms. The van der Waals surface area contributed by atoms with Crippen molar-refractivity contribution in [3.05, 3.63) is 53.3 Å². The number of benzene rings is 1. The van der Waals surface area contributed by atoms with E-state index in [0.29, 0.717) is 11.8 Å². The van der Waals surface area contributed by atoms with Gasteiger partial charge in [-0.05, 0) is 75.3 Å². The number of rotatable bonds is 6. The van der Waals surface area contributed by atoms with Crippen LogP contribution in [0.5, 0.6) is 11.5 Å². The van der Waals surface area contributed by atoms with Gasteiger partial charge in [-0.2, -0.15) is 0 Å². The first-order valence-electron chi connectivity index (χ1n) is 12.0. The molecule has 2 aliphatic heterocycles. The molecule has 2 aliphatic rings. The molecule has 0 amide bonds. The van der Waals surface area contributed by atoms with Crippen LogP contribution in [0.3, 0.4) is 0 Å². The molecule has 3 atom stereocenters. The standard InChI is InChI=1S/C27H35N3O3/c1-5-20-13-14-30(4)27(21-11-12-24-25(15-21)33-17-32-24)26(23-8-6-7-18(2)29-23)28-16-22(20)10-9-19(3)31/h6-8,11-12,15-16,19-20,22,31H,5,9-10,13-14,17H2,1-4H3/b27-26-,28-16?/t19?,20-,22?/m1/s1. The maximum atomic E-state index is 9.90. The van der Waals surface area contributed by atoms with Crippen LogP contribution in [0.15, 0.2) is 41.4 Å². The van der Waals surface area contributed by atoms with Crippen LogP contribution in [0.1, 0.15) is 56.5 Å². The molecule has 2 aromatic rings. The third-order valence-corrected chi connectivity index (χ3v) is 6.66. The van der Waals surface area contributed by atoms with Crippen LogP contribution >= 0.6 is 0 Å². The fraction of sp³-hybridized carbons (Fsp3) is 0.481. The Hall–Kier alpha value is -2.86. The number of fused-ring (bicyclic) bond motifs is 1. The number of ether oxygens (including phenoxy) is 2. The summed E-state index contributed by atoms with van der Waals surface area (Å²) in [5.74, 6) is 2.36. The Morgan fingerprint density at radius 2 is 2.00 bits per heavy atom. The minimum absolute atomic E-state index is 0.251. The van der Waals surface area contributed by atoms with Gasteiger partial charge in [-0.25, -0.2) is 0 Å². The number of pyridine rings is 1. The summed E-state index contributed by atoms with van der Waals surface area (Å²) in [6, 6.07) is 12.1. The Morgan fingerprint density at radius 1 is 1.18 bits per heavy atom. The lowest BCUT2D eigenvalue weighted by molar-refractivity contribution is 0.171. The Labute approximate surface area is 197 Å². The van der Waals surface area contributed by atoms with E-state index in [1.165, 1.54) is 0 Å². The maximum absolute atomic E-state index is 9.90. The summed E-state index contributed by atoms with van der Waals surface area (Å²) in [5, 5.41) is 9.90. The van der Waals surface area contributed by atoms with Crippen LogP contribution in [-0.4, -0.2) is 47.7 Å². The van der Waals surface area contributed by atoms with Gasteiger partial charge in [-0.1, -0.05) is 19.4 Å². The van der Waals surface area contributed by atoms with E-state index in [-0.39, 0.29) is 12.9 Å². The van der Waals surface area contributed by atoms with Crippen LogP contribution in [0.2, 0.25) is 0 Å². The van der Waals surface area contributed by atoms with Crippen molar-refractivity contribution in [2.75, 3.05) is 20.4 Å². The lowest BCUT2D eigenvalue weighted by atomic mass is 9.84. The minimum atomic E-state index is -0.302. The van der Waals surface area contributed by atoms with Crippen LogP contribution in [0.4, 0.5) is 0 Å². The van der Waals surface area contributed by atoms with Gasteiger partial charge in [0.15, 0.2) is 11.5 Å². The topological polar surface area (TPSA) is 67.2 Å². The van der Waals surface area contributed by atoms with Gasteiger partial charge in [0.1, 0.15) is 5.70 Å². The molecule has 1 aromatic heterocycles. The van der Waals surface area contributed by atoms with Gasteiger partial charge in [0, 0.05) is 31.1 Å². The number of hydrogen-bond donors (Lipinski definition) is 1. The van der Waals surface area contributed by atoms with E-state index in [1.807, 2.05) is 44.2 Å². The van der Waals surface area contributed by atoms with Crippen molar-refractivity contribution in [3.63, 3.8) is 0 Å². The van der Waals surface area contributed by atoms with Crippen molar-refractivity contribution in [2.24, 2.45) is 16.8 Å². The highest BCUT2D eigenvalue weighted by atomic mass is 16.7. The van der Waals surface area contributed by atoms with Gasteiger partial charge in [0.25, 0.3) is 0 Å². The van der Waals surface area contributed by atoms with Crippen molar-refractivity contribution >= 4 is 17.6 Å². The van der Waals surface area contributed by atoms with Crippen LogP contribution in [-0.2, 0) is 0 Å². The number of hydrogen-bond acceptors (Lipinski definition) is 6. The molecule has 0 fully saturated rings. The highest BCUT2D eigenvalue weighted by molar-refractivity contribution is 5.92. The number of aliphatic hydroxyl groups excluding tert-OH is 1. The number of aliphatic hydroxyl groups is 1. The molecule has 0 bridgehead atoms. The molecule has 6 heteroatoms. The van der Waals surface area contributed by atoms with E-state index in [4.69, 9.17) is 19.5 Å². The summed E-state index contributed by atoms with van der Waals surface area (Å²) < 4.78 is 11.2. The average molecular weight is 450 g/mol. The van der Waals surface area contributed by atoms with Crippen molar-refractivity contribution in [2.45, 2.75) is 52.6 Å². The molecular formula is C27H35N3O3. The van der Waals surface area contributed by atoms with Crippen molar-refractivity contribution in [3.8, 4) is 11.5 Å². The fourth-order valence-electron chi connectivity index (χ4n) is 4.73. The van der Waals surface area contributed by atoms with E-state index < -0.39 is 0 Å². The van der Waals surface area contributed by atoms with E-state index >= 15 is 0 Å². The van der Waals surface area contributed by atoms with Gasteiger partial charge in [0.2, 0.25) is 6.79 Å². The normalized spacial score (nSPS) is 23.7. The highest BCUT2D eigenvalue weighted by Crippen LogP contribution is 2.38. The molecule has 1 N–H and O–H groups in total. The quantitative estimate of drug-likeness (QED) is 0.660. The molecule has 0 saturated heterocycles. The van der Waals surface area contributed by atoms with Crippen LogP contribution < -0.4 is 9.47 Å². The fourth-order valence-corrected chi connectivity index (χ4v) is 4.73. The van der Waals surface area contributed by atoms with Gasteiger partial charge >= 0.3 is 0 Å². The molecular weight excluding hydrogens is 414 g/mol. The van der Waals surface area contributed by atoms with Gasteiger partial charge in [-0.3, -0.25) is 9.98 Å². The molecule has 0 spiro atoms. The van der Waals surface area contributed by atoms with E-state index in [2.05, 4.69) is 31.2 Å². The Bertz CT molecular complexity index is 1030. The number of aromatic nitrogens is 1. The maximum Gasteiger partial charge on any atom is 0.231 e. The lowest BCUT2D eigenvalue weighted by Crippen LogP contribution is -2.24. The number of nitrogens with zero attached hydrogens (tertiary/aromatic N) is 3. The molecule has 0 radical (unpaired) electrons. The summed E-state index contributed by atoms with van der Waals surface area (Å²) in [6.07, 6.45) is 5.66. The first kappa shape index (κ1) is 23.3. The van der Waals surface area contributed by atoms with Crippen LogP contribution in [0.25, 0.3) is 11.4 Å². The molecule has 1 aromatic carbocycles. The molecule has 6 nitrogen and oxygen atoms in total. The first-order valence-corrected chi connectivity index (χ1v) is 12.0. The Kier molecular flexibility index (Phi) is 7.33. The molecule has 2 unspecified atom stereocenters. The first-order chi connectivity index (χ1) is 16.0. The third-order valence-electron chi connectivity index (χ3n) is 6.66. The second-order valence-electron chi connectivity index (χ2n) is 9.18. The number of aliphatic imine (C=N–C) groups is 1. The average Bonchev–Trinajstić information content (AvgIpc) is 3.28. The van der Waals surface area contributed by atoms with Crippen molar-refractivity contribution in [1.82, 2.24) is 9.88 Å². The Balaban J connectivity index is 1.84. The zero-order valence-corrected chi connectivity index (χ0v) is 20.1. The largest absolute Gasteiger partial charge is 0.454 e. The van der Waals surface area contributed by atoms with E-state index in [1.54, 1.807) is 0 Å². The monoisotopic (exact) mass is 449 g/mol. The molecule has 0 aliphatic carbocycles. The predicted molar refractivity (Wildman–Crippen MR) is 132 cm³/mol. The van der Waals surface area contributed by atoms with Crippen molar-refractivity contribution in [1.29, 1.82) is 0 Å². The molecule has 0 saturated carbocycles. The van der Waals surface area contributed by atoms with Crippen molar-refractivity contribution < 1.29 is 14.6 Å². The van der Waals surface area contributed by atoms with Gasteiger partial charge < -0.3 is 19.5 Å². The molecule has 4 rings (SSSR count). The van der Waals surface area contributed by atoms with Crippen LogP contribution in [0, 0.1) is 18.8 Å². The predicted octanol–water partition coefficient (Wildman–Crippen LogP) is 5.15. The Morgan fingerprint density at radius 3 is 2.76 bits per heavy atom. The second kappa shape index (κ2) is 10.4. The zero-order chi connectivity index (χ0) is 23.4. The minimum Gasteiger partial charge on any atom is -0.454 e. The summed E-state index contributed by atoms with van der Waals surface area (Å²) in [4.78, 5) is 12.2. The lowest BCUT2D eigenvalue weighted by Gasteiger charge is -2.27. The zero-order valence-electron chi connectivity index (χ0n) is 20.1. The molecule has 176 valence electrons. The second-order valence-corrected chi connectivity index (χ2v) is 9.18. The highest BCUT2D eigenvalue weighted by Gasteiger charge is 2.25. The van der Waals surface area contributed by atoms with Gasteiger partial charge in [0.05, 0.1) is 17.5 Å². The number of aryl methyl sites for hydroxylation is 1. The van der Waals surface area contributed by atoms with E-state index in [9.17, 15) is 5.11 Å². The molecule has 3 heterocycles. The van der Waals surface area contributed by atoms with Gasteiger partial charge in [-0.15, -0.1) is 0 Å².